The van der Waals surface area contributed by atoms with Gasteiger partial charge < -0.3 is 15.3 Å². The van der Waals surface area contributed by atoms with Crippen molar-refractivity contribution in [1.82, 2.24) is 15.1 Å². The summed E-state index contributed by atoms with van der Waals surface area (Å²) < 4.78 is 40.8. The maximum atomic E-state index is 13.6. The van der Waals surface area contributed by atoms with Crippen molar-refractivity contribution in [3.05, 3.63) is 83.4 Å². The van der Waals surface area contributed by atoms with Gasteiger partial charge in [-0.05, 0) is 69.4 Å². The van der Waals surface area contributed by atoms with Crippen molar-refractivity contribution in [2.45, 2.75) is 19.0 Å². The lowest BCUT2D eigenvalue weighted by molar-refractivity contribution is -0.137. The molecule has 0 spiro atoms. The monoisotopic (exact) mass is 494 g/mol. The molecule has 0 fully saturated rings. The summed E-state index contributed by atoms with van der Waals surface area (Å²) in [5.74, 6) is -0.700. The molecule has 0 bridgehead atoms. The molecule has 0 radical (unpaired) electrons. The second-order valence-electron chi connectivity index (χ2n) is 8.77. The van der Waals surface area contributed by atoms with Crippen LogP contribution in [0.2, 0.25) is 0 Å². The molecule has 0 unspecified atom stereocenters. The van der Waals surface area contributed by atoms with Gasteiger partial charge >= 0.3 is 12.1 Å². The van der Waals surface area contributed by atoms with E-state index in [1.54, 1.807) is 18.2 Å². The molecule has 186 valence electrons. The van der Waals surface area contributed by atoms with Crippen molar-refractivity contribution in [2.75, 3.05) is 26.0 Å². The van der Waals surface area contributed by atoms with E-state index in [0.29, 0.717) is 34.4 Å². The van der Waals surface area contributed by atoms with Gasteiger partial charge in [-0.2, -0.15) is 13.2 Å². The Bertz CT molecular complexity index is 1390. The summed E-state index contributed by atoms with van der Waals surface area (Å²) in [7, 11) is 3.85. The van der Waals surface area contributed by atoms with Crippen molar-refractivity contribution in [1.29, 1.82) is 0 Å². The number of aromatic nitrogens is 2. The summed E-state index contributed by atoms with van der Waals surface area (Å²) in [4.78, 5) is 13.2. The molecule has 6 nitrogen and oxygen atoms in total. The van der Waals surface area contributed by atoms with E-state index in [-0.39, 0.29) is 11.3 Å². The zero-order chi connectivity index (χ0) is 25.9. The zero-order valence-corrected chi connectivity index (χ0v) is 19.8. The van der Waals surface area contributed by atoms with Crippen molar-refractivity contribution < 1.29 is 23.1 Å². The Labute approximate surface area is 206 Å². The fourth-order valence-electron chi connectivity index (χ4n) is 3.99. The number of anilines is 2. The normalized spacial score (nSPS) is 11.7. The van der Waals surface area contributed by atoms with Gasteiger partial charge in [-0.1, -0.05) is 36.4 Å². The first kappa shape index (κ1) is 25.1. The van der Waals surface area contributed by atoms with Crippen LogP contribution in [0.5, 0.6) is 0 Å². The van der Waals surface area contributed by atoms with Gasteiger partial charge in [0.25, 0.3) is 0 Å². The number of carboxylic acids is 1. The Morgan fingerprint density at radius 1 is 0.972 bits per heavy atom. The van der Waals surface area contributed by atoms with Gasteiger partial charge in [-0.15, -0.1) is 10.2 Å². The largest absolute Gasteiger partial charge is 0.478 e. The fourth-order valence-corrected chi connectivity index (χ4v) is 3.99. The predicted octanol–water partition coefficient (Wildman–Crippen LogP) is 6.25. The summed E-state index contributed by atoms with van der Waals surface area (Å²) in [6.45, 7) is 0.768. The lowest BCUT2D eigenvalue weighted by atomic mass is 10.0. The average Bonchev–Trinajstić information content (AvgIpc) is 2.83. The third kappa shape index (κ3) is 5.80. The van der Waals surface area contributed by atoms with Gasteiger partial charge in [0.05, 0.1) is 11.1 Å². The molecule has 36 heavy (non-hydrogen) atoms. The van der Waals surface area contributed by atoms with E-state index < -0.39 is 17.7 Å². The Hall–Kier alpha value is -3.98. The third-order valence-electron chi connectivity index (χ3n) is 5.75. The number of nitrogens with one attached hydrogen (secondary N) is 1. The number of alkyl halides is 3. The topological polar surface area (TPSA) is 78.3 Å². The first-order valence-electron chi connectivity index (χ1n) is 11.3. The van der Waals surface area contributed by atoms with E-state index >= 15 is 0 Å². The fraction of sp³-hybridized carbons (Fsp3) is 0.222. The van der Waals surface area contributed by atoms with E-state index in [9.17, 15) is 18.0 Å². The summed E-state index contributed by atoms with van der Waals surface area (Å²) in [5, 5.41) is 22.2. The maximum Gasteiger partial charge on any atom is 0.416 e. The van der Waals surface area contributed by atoms with E-state index in [4.69, 9.17) is 5.11 Å². The molecule has 0 atom stereocenters. The van der Waals surface area contributed by atoms with Crippen LogP contribution in [-0.2, 0) is 12.6 Å². The maximum absolute atomic E-state index is 13.6. The molecule has 0 saturated carbocycles. The van der Waals surface area contributed by atoms with E-state index in [1.807, 2.05) is 43.3 Å². The number of carbonyl (C=O) groups is 1. The number of hydrogen-bond acceptors (Lipinski definition) is 5. The van der Waals surface area contributed by atoms with Crippen LogP contribution in [0.4, 0.5) is 24.7 Å². The molecule has 0 aliphatic heterocycles. The van der Waals surface area contributed by atoms with Gasteiger partial charge in [0, 0.05) is 22.0 Å². The molecule has 0 aliphatic carbocycles. The van der Waals surface area contributed by atoms with Crippen molar-refractivity contribution in [2.24, 2.45) is 0 Å². The number of hydrogen-bond donors (Lipinski definition) is 2. The number of rotatable bonds is 8. The molecule has 4 rings (SSSR count). The van der Waals surface area contributed by atoms with Crippen LogP contribution in [0.3, 0.4) is 0 Å². The van der Waals surface area contributed by atoms with Crippen molar-refractivity contribution in [3.8, 4) is 11.3 Å². The minimum atomic E-state index is -4.48. The van der Waals surface area contributed by atoms with Crippen molar-refractivity contribution in [3.63, 3.8) is 0 Å². The van der Waals surface area contributed by atoms with Gasteiger partial charge in [-0.3, -0.25) is 0 Å². The summed E-state index contributed by atoms with van der Waals surface area (Å²) in [6.07, 6.45) is -3.24. The molecule has 4 aromatic rings. The van der Waals surface area contributed by atoms with Crippen LogP contribution in [0.25, 0.3) is 22.0 Å². The minimum absolute atomic E-state index is 0.153. The summed E-state index contributed by atoms with van der Waals surface area (Å²) >= 11 is 0. The van der Waals surface area contributed by atoms with E-state index in [0.717, 1.165) is 24.4 Å². The number of benzene rings is 3. The lowest BCUT2D eigenvalue weighted by Crippen LogP contribution is -2.14. The number of nitrogens with zero attached hydrogens (tertiary/aromatic N) is 3. The third-order valence-corrected chi connectivity index (χ3v) is 5.75. The van der Waals surface area contributed by atoms with Crippen LogP contribution < -0.4 is 5.32 Å². The van der Waals surface area contributed by atoms with E-state index in [2.05, 4.69) is 15.5 Å². The molecular weight excluding hydrogens is 469 g/mol. The van der Waals surface area contributed by atoms with Crippen LogP contribution in [0, 0.1) is 0 Å². The number of carboxylic acid groups (broad SMARTS) is 1. The Morgan fingerprint density at radius 2 is 1.67 bits per heavy atom. The Morgan fingerprint density at radius 3 is 2.31 bits per heavy atom. The molecule has 1 aromatic heterocycles. The number of aromatic carboxylic acids is 1. The van der Waals surface area contributed by atoms with Crippen LogP contribution >= 0.6 is 0 Å². The van der Waals surface area contributed by atoms with Crippen LogP contribution in [0.1, 0.15) is 27.9 Å². The van der Waals surface area contributed by atoms with Crippen LogP contribution in [-0.4, -0.2) is 46.8 Å². The number of halogens is 3. The highest BCUT2D eigenvalue weighted by Gasteiger charge is 2.31. The number of fused-ring (bicyclic) bond motifs is 1. The Balaban J connectivity index is 1.71. The second kappa shape index (κ2) is 10.3. The smallest absolute Gasteiger partial charge is 0.416 e. The SMILES string of the molecule is CN(C)CCCc1cc(Nc2nnc(-c3ccc(C(=O)O)cc3)c3ccccc23)cc(C(F)(F)F)c1. The van der Waals surface area contributed by atoms with Gasteiger partial charge in [-0.25, -0.2) is 4.79 Å². The highest BCUT2D eigenvalue weighted by Crippen LogP contribution is 2.35. The minimum Gasteiger partial charge on any atom is -0.478 e. The predicted molar refractivity (Wildman–Crippen MR) is 134 cm³/mol. The molecule has 9 heteroatoms. The molecule has 1 heterocycles. The average molecular weight is 495 g/mol. The molecule has 0 saturated heterocycles. The van der Waals surface area contributed by atoms with Gasteiger partial charge in [0.15, 0.2) is 5.82 Å². The first-order valence-corrected chi connectivity index (χ1v) is 11.3. The molecule has 2 N–H and O–H groups in total. The van der Waals surface area contributed by atoms with Gasteiger partial charge in [0.2, 0.25) is 0 Å². The first-order chi connectivity index (χ1) is 17.1. The lowest BCUT2D eigenvalue weighted by Gasteiger charge is -2.15. The Kier molecular flexibility index (Phi) is 7.21. The van der Waals surface area contributed by atoms with E-state index in [1.165, 1.54) is 18.2 Å². The molecule has 0 amide bonds. The number of aryl methyl sites for hydroxylation is 1. The van der Waals surface area contributed by atoms with Crippen LogP contribution in [0.15, 0.2) is 66.7 Å². The summed E-state index contributed by atoms with van der Waals surface area (Å²) in [6, 6.07) is 17.5. The molecule has 0 aliphatic rings. The highest BCUT2D eigenvalue weighted by atomic mass is 19.4. The zero-order valence-electron chi connectivity index (χ0n) is 19.8. The standard InChI is InChI=1S/C27H25F3N4O2/c1-34(2)13-5-6-17-14-20(27(28,29)30)16-21(15-17)31-25-23-8-4-3-7-22(23)24(32-33-25)18-9-11-19(12-10-18)26(35)36/h3-4,7-12,14-16H,5-6,13H2,1-2H3,(H,31,33)(H,35,36). The quantitative estimate of drug-likeness (QED) is 0.301. The van der Waals surface area contributed by atoms with Gasteiger partial charge in [0.1, 0.15) is 5.69 Å². The second-order valence-corrected chi connectivity index (χ2v) is 8.77. The highest BCUT2D eigenvalue weighted by molar-refractivity contribution is 6.01. The van der Waals surface area contributed by atoms with Crippen molar-refractivity contribution >= 4 is 28.2 Å². The molecular formula is C27H25F3N4O2. The summed E-state index contributed by atoms with van der Waals surface area (Å²) in [5.41, 5.74) is 1.52. The molecule has 3 aromatic carbocycles.